The summed E-state index contributed by atoms with van der Waals surface area (Å²) < 4.78 is 10.8. The first-order valence-corrected chi connectivity index (χ1v) is 16.8. The number of carbonyl (C=O) groups is 6. The van der Waals surface area contributed by atoms with E-state index in [1.165, 1.54) is 52.0 Å². The van der Waals surface area contributed by atoms with Crippen LogP contribution in [0, 0.1) is 0 Å². The van der Waals surface area contributed by atoms with Gasteiger partial charge in [-0.05, 0) is 69.5 Å². The molecule has 1 atom stereocenters. The van der Waals surface area contributed by atoms with E-state index in [-0.39, 0.29) is 53.9 Å². The van der Waals surface area contributed by atoms with Gasteiger partial charge in [0, 0.05) is 34.2 Å². The molecule has 0 aliphatic carbocycles. The Morgan fingerprint density at radius 2 is 1.00 bits per heavy atom. The number of aromatic carboxylic acids is 2. The highest BCUT2D eigenvalue weighted by Gasteiger charge is 2.27. The quantitative estimate of drug-likeness (QED) is 0.0555. The van der Waals surface area contributed by atoms with Gasteiger partial charge in [-0.3, -0.25) is 14.4 Å². The lowest BCUT2D eigenvalue weighted by molar-refractivity contribution is -0.102. The Bertz CT molecular complexity index is 2070. The van der Waals surface area contributed by atoms with Gasteiger partial charge in [0.25, 0.3) is 0 Å². The minimum absolute atomic E-state index is 0.0763. The molecule has 0 heterocycles. The number of carboxylic acid groups (broad SMARTS) is 2. The minimum atomic E-state index is -1.76. The highest BCUT2D eigenvalue weighted by Crippen LogP contribution is 2.25. The zero-order valence-corrected chi connectivity index (χ0v) is 30.0. The molecule has 54 heavy (non-hydrogen) atoms. The van der Waals surface area contributed by atoms with Crippen molar-refractivity contribution in [3.8, 4) is 0 Å². The standard InChI is InChI=1S/C41H40O13/c1-40(2,51)34(43)25-9-5-23(6-10-25)17-19-53-38(49)30-16-14-27(21-31(30)37(47)48)33(42)28-13-15-29(36(45)46)32(22-28)39(50)54-20-18-24-7-11-26(12-8-24)35(44)41(3,4)52/h5-16,21-22,39,50-52H,17-20H2,1-4H3,(H,45,46)(H,47,48). The molecule has 0 bridgehead atoms. The van der Waals surface area contributed by atoms with Gasteiger partial charge in [0.2, 0.25) is 0 Å². The van der Waals surface area contributed by atoms with Crippen LogP contribution in [0.1, 0.15) is 118 Å². The summed E-state index contributed by atoms with van der Waals surface area (Å²) in [5.74, 6) is -5.49. The molecule has 0 aromatic heterocycles. The van der Waals surface area contributed by atoms with E-state index < -0.39 is 58.3 Å². The first-order valence-electron chi connectivity index (χ1n) is 16.8. The number of ether oxygens (including phenoxy) is 2. The van der Waals surface area contributed by atoms with Gasteiger partial charge >= 0.3 is 17.9 Å². The van der Waals surface area contributed by atoms with Crippen molar-refractivity contribution >= 4 is 35.3 Å². The molecule has 0 amide bonds. The van der Waals surface area contributed by atoms with Crippen molar-refractivity contribution in [3.63, 3.8) is 0 Å². The lowest BCUT2D eigenvalue weighted by Crippen LogP contribution is -2.31. The van der Waals surface area contributed by atoms with Gasteiger partial charge in [0.15, 0.2) is 23.6 Å². The zero-order valence-electron chi connectivity index (χ0n) is 30.0. The molecule has 0 fully saturated rings. The van der Waals surface area contributed by atoms with E-state index in [0.717, 1.165) is 29.8 Å². The maximum absolute atomic E-state index is 13.5. The van der Waals surface area contributed by atoms with E-state index in [2.05, 4.69) is 0 Å². The Morgan fingerprint density at radius 1 is 0.574 bits per heavy atom. The molecule has 0 saturated heterocycles. The number of hydrogen-bond acceptors (Lipinski definition) is 11. The number of esters is 1. The summed E-state index contributed by atoms with van der Waals surface area (Å²) in [4.78, 5) is 74.9. The third kappa shape index (κ3) is 10.2. The molecule has 5 N–H and O–H groups in total. The van der Waals surface area contributed by atoms with Gasteiger partial charge < -0.3 is 35.0 Å². The fourth-order valence-electron chi connectivity index (χ4n) is 5.38. The van der Waals surface area contributed by atoms with Gasteiger partial charge in [-0.1, -0.05) is 60.7 Å². The van der Waals surface area contributed by atoms with Crippen LogP contribution in [-0.4, -0.2) is 85.2 Å². The number of benzene rings is 4. The van der Waals surface area contributed by atoms with Crippen LogP contribution >= 0.6 is 0 Å². The van der Waals surface area contributed by atoms with Crippen LogP contribution in [-0.2, 0) is 22.3 Å². The van der Waals surface area contributed by atoms with Gasteiger partial charge in [0.05, 0.1) is 29.9 Å². The maximum Gasteiger partial charge on any atom is 0.339 e. The highest BCUT2D eigenvalue weighted by molar-refractivity contribution is 6.12. The molecule has 0 aliphatic heterocycles. The smallest absolute Gasteiger partial charge is 0.339 e. The number of carbonyl (C=O) groups excluding carboxylic acids is 4. The Kier molecular flexibility index (Phi) is 12.8. The van der Waals surface area contributed by atoms with E-state index in [4.69, 9.17) is 9.47 Å². The first-order chi connectivity index (χ1) is 25.3. The van der Waals surface area contributed by atoms with Crippen molar-refractivity contribution < 1.29 is 63.8 Å². The average Bonchev–Trinajstić information content (AvgIpc) is 3.13. The molecule has 0 saturated carbocycles. The van der Waals surface area contributed by atoms with Gasteiger partial charge in [-0.25, -0.2) is 14.4 Å². The van der Waals surface area contributed by atoms with Crippen LogP contribution in [0.4, 0.5) is 0 Å². The summed E-state index contributed by atoms with van der Waals surface area (Å²) in [5, 5.41) is 50.3. The summed E-state index contributed by atoms with van der Waals surface area (Å²) in [5.41, 5.74) is -2.63. The van der Waals surface area contributed by atoms with E-state index >= 15 is 0 Å². The van der Waals surface area contributed by atoms with Crippen molar-refractivity contribution in [2.45, 2.75) is 58.0 Å². The Morgan fingerprint density at radius 3 is 1.46 bits per heavy atom. The predicted octanol–water partition coefficient (Wildman–Crippen LogP) is 4.87. The summed E-state index contributed by atoms with van der Waals surface area (Å²) in [6, 6.07) is 19.5. The largest absolute Gasteiger partial charge is 0.478 e. The van der Waals surface area contributed by atoms with Crippen molar-refractivity contribution in [1.29, 1.82) is 0 Å². The van der Waals surface area contributed by atoms with Crippen molar-refractivity contribution in [3.05, 3.63) is 141 Å². The van der Waals surface area contributed by atoms with Crippen LogP contribution in [0.3, 0.4) is 0 Å². The first kappa shape index (κ1) is 40.9. The normalized spacial score (nSPS) is 12.1. The number of aliphatic hydroxyl groups excluding tert-OH is 1. The second-order valence-electron chi connectivity index (χ2n) is 13.5. The molecule has 0 radical (unpaired) electrons. The fourth-order valence-corrected chi connectivity index (χ4v) is 5.38. The molecule has 13 nitrogen and oxygen atoms in total. The van der Waals surface area contributed by atoms with Crippen LogP contribution in [0.15, 0.2) is 84.9 Å². The van der Waals surface area contributed by atoms with E-state index in [9.17, 15) is 54.3 Å². The molecule has 282 valence electrons. The van der Waals surface area contributed by atoms with Crippen LogP contribution in [0.5, 0.6) is 0 Å². The summed E-state index contributed by atoms with van der Waals surface area (Å²) in [6.45, 7) is 5.33. The topological polar surface area (TPSA) is 222 Å². The fraction of sp³-hybridized carbons (Fsp3) is 0.268. The average molecular weight is 741 g/mol. The van der Waals surface area contributed by atoms with Gasteiger partial charge in [0.1, 0.15) is 11.2 Å². The molecule has 1 unspecified atom stereocenters. The predicted molar refractivity (Wildman–Crippen MR) is 193 cm³/mol. The molecule has 0 spiro atoms. The third-order valence-corrected chi connectivity index (χ3v) is 8.38. The Hall–Kier alpha value is -5.86. The molecule has 4 aromatic rings. The van der Waals surface area contributed by atoms with Crippen molar-refractivity contribution in [2.24, 2.45) is 0 Å². The molecule has 4 rings (SSSR count). The second kappa shape index (κ2) is 16.9. The number of rotatable bonds is 17. The molecule has 13 heteroatoms. The molecular formula is C41H40O13. The lowest BCUT2D eigenvalue weighted by atomic mass is 9.95. The molecule has 0 aliphatic rings. The summed E-state index contributed by atoms with van der Waals surface area (Å²) in [7, 11) is 0. The Labute approximate surface area is 310 Å². The number of ketones is 3. The number of carboxylic acids is 2. The van der Waals surface area contributed by atoms with E-state index in [1.54, 1.807) is 36.4 Å². The monoisotopic (exact) mass is 740 g/mol. The van der Waals surface area contributed by atoms with Crippen LogP contribution in [0.2, 0.25) is 0 Å². The summed E-state index contributed by atoms with van der Waals surface area (Å²) >= 11 is 0. The number of Topliss-reactive ketones (excluding diaryl/α,β-unsaturated/α-hetero) is 2. The summed E-state index contributed by atoms with van der Waals surface area (Å²) in [6.07, 6.45) is -1.26. The van der Waals surface area contributed by atoms with Crippen LogP contribution < -0.4 is 0 Å². The third-order valence-electron chi connectivity index (χ3n) is 8.38. The number of hydrogen-bond donors (Lipinski definition) is 5. The zero-order chi connectivity index (χ0) is 40.0. The highest BCUT2D eigenvalue weighted by atomic mass is 16.6. The Balaban J connectivity index is 1.44. The molecule has 4 aromatic carbocycles. The van der Waals surface area contributed by atoms with Crippen molar-refractivity contribution in [1.82, 2.24) is 0 Å². The lowest BCUT2D eigenvalue weighted by Gasteiger charge is -2.17. The van der Waals surface area contributed by atoms with E-state index in [0.29, 0.717) is 16.7 Å². The van der Waals surface area contributed by atoms with Gasteiger partial charge in [-0.15, -0.1) is 0 Å². The van der Waals surface area contributed by atoms with E-state index in [1.807, 2.05) is 0 Å². The maximum atomic E-state index is 13.5. The minimum Gasteiger partial charge on any atom is -0.478 e. The SMILES string of the molecule is CC(C)(O)C(=O)c1ccc(CCOC(=O)c2ccc(C(=O)c3ccc(C(=O)O)c(C(O)OCCc4ccc(C(=O)C(C)(C)O)cc4)c3)cc2C(=O)O)cc1. The van der Waals surface area contributed by atoms with Crippen molar-refractivity contribution in [2.75, 3.05) is 13.2 Å². The van der Waals surface area contributed by atoms with Crippen LogP contribution in [0.25, 0.3) is 0 Å². The van der Waals surface area contributed by atoms with Gasteiger partial charge in [-0.2, -0.15) is 0 Å². The second-order valence-corrected chi connectivity index (χ2v) is 13.5. The number of aliphatic hydroxyl groups is 3. The molecular weight excluding hydrogens is 700 g/mol.